The van der Waals surface area contributed by atoms with Gasteiger partial charge in [-0.1, -0.05) is 0 Å². The van der Waals surface area contributed by atoms with Crippen molar-refractivity contribution in [1.29, 1.82) is 0 Å². The summed E-state index contributed by atoms with van der Waals surface area (Å²) in [6.07, 6.45) is 4.67. The van der Waals surface area contributed by atoms with Crippen molar-refractivity contribution in [3.63, 3.8) is 0 Å². The van der Waals surface area contributed by atoms with E-state index in [4.69, 9.17) is 0 Å². The highest BCUT2D eigenvalue weighted by molar-refractivity contribution is 5.85. The van der Waals surface area contributed by atoms with Crippen LogP contribution in [0.25, 0.3) is 0 Å². The van der Waals surface area contributed by atoms with Crippen molar-refractivity contribution in [2.75, 3.05) is 25.0 Å². The van der Waals surface area contributed by atoms with Crippen LogP contribution < -0.4 is 10.2 Å². The molecular formula is C10H17ClN4. The van der Waals surface area contributed by atoms with Gasteiger partial charge in [-0.2, -0.15) is 0 Å². The van der Waals surface area contributed by atoms with E-state index in [0.29, 0.717) is 6.04 Å². The van der Waals surface area contributed by atoms with E-state index in [-0.39, 0.29) is 12.4 Å². The molecule has 4 nitrogen and oxygen atoms in total. The van der Waals surface area contributed by atoms with E-state index in [1.54, 1.807) is 12.4 Å². The predicted octanol–water partition coefficient (Wildman–Crippen LogP) is 1.00. The molecule has 1 atom stereocenters. The largest absolute Gasteiger partial charge is 0.354 e. The zero-order valence-electron chi connectivity index (χ0n) is 9.10. The van der Waals surface area contributed by atoms with Crippen molar-refractivity contribution in [2.45, 2.75) is 19.4 Å². The van der Waals surface area contributed by atoms with Gasteiger partial charge in [0.1, 0.15) is 5.82 Å². The lowest BCUT2D eigenvalue weighted by atomic mass is 10.2. The summed E-state index contributed by atoms with van der Waals surface area (Å²) in [6, 6.07) is 0.561. The van der Waals surface area contributed by atoms with E-state index in [0.717, 1.165) is 24.6 Å². The van der Waals surface area contributed by atoms with Crippen LogP contribution in [0, 0.1) is 6.92 Å². The Kier molecular flexibility index (Phi) is 4.29. The van der Waals surface area contributed by atoms with Gasteiger partial charge in [-0.3, -0.25) is 4.98 Å². The molecule has 0 aliphatic carbocycles. The predicted molar refractivity (Wildman–Crippen MR) is 63.7 cm³/mol. The number of nitrogens with zero attached hydrogens (tertiary/aromatic N) is 3. The smallest absolute Gasteiger partial charge is 0.150 e. The Morgan fingerprint density at radius 3 is 2.73 bits per heavy atom. The van der Waals surface area contributed by atoms with Crippen molar-refractivity contribution >= 4 is 18.2 Å². The van der Waals surface area contributed by atoms with Gasteiger partial charge in [0.2, 0.25) is 0 Å². The monoisotopic (exact) mass is 228 g/mol. The van der Waals surface area contributed by atoms with Gasteiger partial charge in [-0.25, -0.2) is 4.98 Å². The molecule has 1 N–H and O–H groups in total. The molecule has 0 bridgehead atoms. The maximum atomic E-state index is 4.36. The summed E-state index contributed by atoms with van der Waals surface area (Å²) in [5.41, 5.74) is 1.00. The minimum absolute atomic E-state index is 0. The second-order valence-electron chi connectivity index (χ2n) is 3.72. The minimum atomic E-state index is 0. The third kappa shape index (κ3) is 2.58. The maximum Gasteiger partial charge on any atom is 0.150 e. The van der Waals surface area contributed by atoms with E-state index in [1.807, 2.05) is 6.92 Å². The number of hydrogen-bond donors (Lipinski definition) is 1. The van der Waals surface area contributed by atoms with Crippen LogP contribution in [0.5, 0.6) is 0 Å². The summed E-state index contributed by atoms with van der Waals surface area (Å²) >= 11 is 0. The number of hydrogen-bond acceptors (Lipinski definition) is 4. The number of rotatable bonds is 2. The van der Waals surface area contributed by atoms with Crippen LogP contribution in [0.4, 0.5) is 5.82 Å². The van der Waals surface area contributed by atoms with E-state index < -0.39 is 0 Å². The quantitative estimate of drug-likeness (QED) is 0.820. The van der Waals surface area contributed by atoms with Crippen LogP contribution in [0.1, 0.15) is 12.1 Å². The highest BCUT2D eigenvalue weighted by Crippen LogP contribution is 2.17. The molecule has 1 aromatic heterocycles. The van der Waals surface area contributed by atoms with Gasteiger partial charge in [0.05, 0.1) is 5.69 Å². The Labute approximate surface area is 96.5 Å². The third-order valence-electron chi connectivity index (χ3n) is 2.77. The molecule has 0 unspecified atom stereocenters. The number of halogens is 1. The summed E-state index contributed by atoms with van der Waals surface area (Å²) in [5.74, 6) is 1.00. The number of likely N-dealkylation sites (N-methyl/N-ethyl adjacent to an activating group) is 1. The molecule has 1 fully saturated rings. The minimum Gasteiger partial charge on any atom is -0.354 e. The zero-order chi connectivity index (χ0) is 9.97. The molecule has 1 saturated heterocycles. The zero-order valence-corrected chi connectivity index (χ0v) is 9.92. The van der Waals surface area contributed by atoms with Gasteiger partial charge < -0.3 is 10.2 Å². The second-order valence-corrected chi connectivity index (χ2v) is 3.72. The average Bonchev–Trinajstić information content (AvgIpc) is 2.70. The molecule has 0 spiro atoms. The number of aryl methyl sites for hydroxylation is 1. The van der Waals surface area contributed by atoms with Crippen LogP contribution in [0.15, 0.2) is 12.4 Å². The maximum absolute atomic E-state index is 4.36. The van der Waals surface area contributed by atoms with Gasteiger partial charge in [-0.15, -0.1) is 12.4 Å². The highest BCUT2D eigenvalue weighted by atomic mass is 35.5. The van der Waals surface area contributed by atoms with Crippen LogP contribution >= 0.6 is 12.4 Å². The Morgan fingerprint density at radius 1 is 1.40 bits per heavy atom. The first kappa shape index (κ1) is 12.2. The van der Waals surface area contributed by atoms with Crippen molar-refractivity contribution in [3.8, 4) is 0 Å². The van der Waals surface area contributed by atoms with Crippen LogP contribution in [-0.2, 0) is 0 Å². The Hall–Kier alpha value is -0.870. The topological polar surface area (TPSA) is 41.1 Å². The van der Waals surface area contributed by atoms with Gasteiger partial charge in [0.25, 0.3) is 0 Å². The van der Waals surface area contributed by atoms with E-state index in [9.17, 15) is 0 Å². The molecule has 2 heterocycles. The normalized spacial score (nSPS) is 19.7. The van der Waals surface area contributed by atoms with E-state index in [1.165, 1.54) is 6.42 Å². The molecule has 0 amide bonds. The summed E-state index contributed by atoms with van der Waals surface area (Å²) in [5, 5.41) is 3.35. The molecular weight excluding hydrogens is 212 g/mol. The molecule has 0 radical (unpaired) electrons. The summed E-state index contributed by atoms with van der Waals surface area (Å²) < 4.78 is 0. The van der Waals surface area contributed by atoms with E-state index in [2.05, 4.69) is 27.2 Å². The number of nitrogens with one attached hydrogen (secondary N) is 1. The van der Waals surface area contributed by atoms with Gasteiger partial charge in [0, 0.05) is 32.0 Å². The molecule has 1 aliphatic rings. The van der Waals surface area contributed by atoms with Crippen LogP contribution in [0.2, 0.25) is 0 Å². The highest BCUT2D eigenvalue weighted by Gasteiger charge is 2.21. The standard InChI is InChI=1S/C10H16N4.ClH/c1-8-10(13-6-5-12-8)14(2)9-3-4-11-7-9;/h5-6,9,11H,3-4,7H2,1-2H3;1H/t9-;/m1./s1. The Bertz CT molecular complexity index is 312. The summed E-state index contributed by atoms with van der Waals surface area (Å²) in [7, 11) is 2.09. The fourth-order valence-electron chi connectivity index (χ4n) is 1.89. The molecule has 84 valence electrons. The van der Waals surface area contributed by atoms with Crippen molar-refractivity contribution in [1.82, 2.24) is 15.3 Å². The van der Waals surface area contributed by atoms with Crippen molar-refractivity contribution < 1.29 is 0 Å². The van der Waals surface area contributed by atoms with Crippen molar-refractivity contribution in [3.05, 3.63) is 18.1 Å². The fourth-order valence-corrected chi connectivity index (χ4v) is 1.89. The van der Waals surface area contributed by atoms with Crippen LogP contribution in [0.3, 0.4) is 0 Å². The molecule has 2 rings (SSSR count). The number of anilines is 1. The molecule has 5 heteroatoms. The second kappa shape index (κ2) is 5.28. The lowest BCUT2D eigenvalue weighted by molar-refractivity contribution is 0.673. The summed E-state index contributed by atoms with van der Waals surface area (Å²) in [6.45, 7) is 4.15. The van der Waals surface area contributed by atoms with Crippen molar-refractivity contribution in [2.24, 2.45) is 0 Å². The van der Waals surface area contributed by atoms with E-state index >= 15 is 0 Å². The third-order valence-corrected chi connectivity index (χ3v) is 2.77. The number of aromatic nitrogens is 2. The van der Waals surface area contributed by atoms with Gasteiger partial charge in [-0.05, 0) is 19.9 Å². The molecule has 1 aliphatic heterocycles. The Balaban J connectivity index is 0.00000112. The lowest BCUT2D eigenvalue weighted by Crippen LogP contribution is -2.34. The molecule has 15 heavy (non-hydrogen) atoms. The molecule has 0 aromatic carbocycles. The molecule has 0 saturated carbocycles. The first-order valence-electron chi connectivity index (χ1n) is 5.00. The van der Waals surface area contributed by atoms with Gasteiger partial charge >= 0.3 is 0 Å². The SMILES string of the molecule is Cc1nccnc1N(C)[C@@H]1CCNC1.Cl. The Morgan fingerprint density at radius 2 is 2.13 bits per heavy atom. The van der Waals surface area contributed by atoms with Crippen LogP contribution in [-0.4, -0.2) is 36.1 Å². The lowest BCUT2D eigenvalue weighted by Gasteiger charge is -2.25. The fraction of sp³-hybridized carbons (Fsp3) is 0.600. The molecule has 1 aromatic rings. The van der Waals surface area contributed by atoms with Gasteiger partial charge in [0.15, 0.2) is 0 Å². The first-order chi connectivity index (χ1) is 6.79. The summed E-state index contributed by atoms with van der Waals surface area (Å²) in [4.78, 5) is 10.8. The first-order valence-corrected chi connectivity index (χ1v) is 5.00. The average molecular weight is 229 g/mol.